The minimum absolute atomic E-state index is 0.0442. The van der Waals surface area contributed by atoms with E-state index in [1.165, 1.54) is 0 Å². The van der Waals surface area contributed by atoms with Gasteiger partial charge < -0.3 is 24.8 Å². The highest BCUT2D eigenvalue weighted by atomic mass is 16.6. The van der Waals surface area contributed by atoms with Gasteiger partial charge in [-0.1, -0.05) is 0 Å². The molecule has 0 radical (unpaired) electrons. The highest BCUT2D eigenvalue weighted by Crippen LogP contribution is 2.27. The number of hydrogen-bond donors (Lipinski definition) is 2. The maximum Gasteiger partial charge on any atom is 0.410 e. The van der Waals surface area contributed by atoms with Gasteiger partial charge in [-0.05, 0) is 59.8 Å². The van der Waals surface area contributed by atoms with Gasteiger partial charge in [0.05, 0.1) is 6.42 Å². The first-order valence-electron chi connectivity index (χ1n) is 8.93. The summed E-state index contributed by atoms with van der Waals surface area (Å²) in [5, 5.41) is 11.9. The first-order chi connectivity index (χ1) is 11.8. The molecule has 0 aromatic carbocycles. The zero-order valence-electron chi connectivity index (χ0n) is 16.6. The highest BCUT2D eigenvalue weighted by molar-refractivity contribution is 5.70. The predicted octanol–water partition coefficient (Wildman–Crippen LogP) is 2.86. The fourth-order valence-electron chi connectivity index (χ4n) is 2.83. The number of piperidine rings is 1. The summed E-state index contributed by atoms with van der Waals surface area (Å²) in [6, 6.07) is 0. The quantitative estimate of drug-likeness (QED) is 0.786. The summed E-state index contributed by atoms with van der Waals surface area (Å²) in [6.07, 6.45) is -0.444. The molecule has 150 valence electrons. The van der Waals surface area contributed by atoms with Crippen LogP contribution in [0.4, 0.5) is 9.59 Å². The van der Waals surface area contributed by atoms with Crippen LogP contribution in [0.3, 0.4) is 0 Å². The Bertz CT molecular complexity index is 521. The van der Waals surface area contributed by atoms with E-state index in [1.54, 1.807) is 46.4 Å². The van der Waals surface area contributed by atoms with Gasteiger partial charge >= 0.3 is 18.2 Å². The third-order valence-corrected chi connectivity index (χ3v) is 3.89. The third-order valence-electron chi connectivity index (χ3n) is 3.89. The average molecular weight is 372 g/mol. The summed E-state index contributed by atoms with van der Waals surface area (Å²) in [5.74, 6) is -1.23. The lowest BCUT2D eigenvalue weighted by molar-refractivity contribution is -0.139. The molecule has 2 amide bonds. The second-order valence-electron chi connectivity index (χ2n) is 8.72. The molecule has 2 atom stereocenters. The van der Waals surface area contributed by atoms with E-state index in [0.717, 1.165) is 0 Å². The van der Waals surface area contributed by atoms with Crippen LogP contribution in [0.1, 0.15) is 54.4 Å². The molecule has 1 saturated heterocycles. The number of carbonyl (C=O) groups excluding carboxylic acids is 2. The molecule has 0 aliphatic carbocycles. The summed E-state index contributed by atoms with van der Waals surface area (Å²) >= 11 is 0. The highest BCUT2D eigenvalue weighted by Gasteiger charge is 2.35. The first-order valence-corrected chi connectivity index (χ1v) is 8.93. The fourth-order valence-corrected chi connectivity index (χ4v) is 2.83. The molecule has 1 fully saturated rings. The maximum atomic E-state index is 12.2. The van der Waals surface area contributed by atoms with Crippen LogP contribution in [-0.2, 0) is 14.3 Å². The predicted molar refractivity (Wildman–Crippen MR) is 95.9 cm³/mol. The van der Waals surface area contributed by atoms with Crippen LogP contribution in [0.25, 0.3) is 0 Å². The normalized spacial score (nSPS) is 21.1. The van der Waals surface area contributed by atoms with Crippen molar-refractivity contribution in [3.8, 4) is 0 Å². The molecule has 0 spiro atoms. The van der Waals surface area contributed by atoms with Gasteiger partial charge in [-0.3, -0.25) is 4.79 Å². The number of carbonyl (C=O) groups is 3. The van der Waals surface area contributed by atoms with Crippen molar-refractivity contribution < 1.29 is 29.0 Å². The van der Waals surface area contributed by atoms with Crippen molar-refractivity contribution in [2.75, 3.05) is 19.6 Å². The van der Waals surface area contributed by atoms with Crippen molar-refractivity contribution in [3.63, 3.8) is 0 Å². The van der Waals surface area contributed by atoms with Crippen LogP contribution < -0.4 is 5.32 Å². The number of carboxylic acids is 1. The Morgan fingerprint density at radius 2 is 1.62 bits per heavy atom. The Morgan fingerprint density at radius 3 is 2.12 bits per heavy atom. The number of carboxylic acid groups (broad SMARTS) is 1. The van der Waals surface area contributed by atoms with E-state index >= 15 is 0 Å². The molecule has 8 heteroatoms. The van der Waals surface area contributed by atoms with E-state index < -0.39 is 29.4 Å². The summed E-state index contributed by atoms with van der Waals surface area (Å²) in [6.45, 7) is 11.8. The van der Waals surface area contributed by atoms with Crippen LogP contribution >= 0.6 is 0 Å². The number of nitrogens with one attached hydrogen (secondary N) is 1. The third kappa shape index (κ3) is 8.40. The molecule has 2 N–H and O–H groups in total. The summed E-state index contributed by atoms with van der Waals surface area (Å²) in [5.41, 5.74) is -1.20. The van der Waals surface area contributed by atoms with Gasteiger partial charge in [0.2, 0.25) is 0 Å². The number of ether oxygens (including phenoxy) is 2. The Labute approximate surface area is 155 Å². The van der Waals surface area contributed by atoms with Gasteiger partial charge in [0.15, 0.2) is 0 Å². The smallest absolute Gasteiger partial charge is 0.410 e. The monoisotopic (exact) mass is 372 g/mol. The second-order valence-corrected chi connectivity index (χ2v) is 8.72. The van der Waals surface area contributed by atoms with Gasteiger partial charge in [0, 0.05) is 19.6 Å². The minimum Gasteiger partial charge on any atom is -0.481 e. The van der Waals surface area contributed by atoms with Crippen LogP contribution in [0, 0.1) is 11.8 Å². The number of aliphatic carboxylic acids is 1. The van der Waals surface area contributed by atoms with Crippen molar-refractivity contribution in [2.24, 2.45) is 11.8 Å². The molecular weight excluding hydrogens is 340 g/mol. The topological polar surface area (TPSA) is 105 Å². The van der Waals surface area contributed by atoms with Gasteiger partial charge in [-0.2, -0.15) is 0 Å². The van der Waals surface area contributed by atoms with Gasteiger partial charge in [0.1, 0.15) is 11.2 Å². The van der Waals surface area contributed by atoms with Crippen molar-refractivity contribution in [2.45, 2.75) is 65.6 Å². The molecule has 1 aliphatic heterocycles. The Morgan fingerprint density at radius 1 is 1.04 bits per heavy atom. The molecular formula is C18H32N2O6. The lowest BCUT2D eigenvalue weighted by Crippen LogP contribution is -2.49. The van der Waals surface area contributed by atoms with E-state index in [0.29, 0.717) is 26.1 Å². The zero-order chi connectivity index (χ0) is 20.1. The average Bonchev–Trinajstić information content (AvgIpc) is 2.41. The first kappa shape index (κ1) is 22.1. The maximum absolute atomic E-state index is 12.2. The molecule has 1 rings (SSSR count). The fraction of sp³-hybridized carbons (Fsp3) is 0.833. The Kier molecular flexibility index (Phi) is 7.29. The molecule has 0 saturated carbocycles. The SMILES string of the molecule is CC(C)(C)OC(=O)NC[C@@H]1CCN(C(=O)OC(C)(C)C)C[C@H]1CC(=O)O. The number of nitrogens with zero attached hydrogens (tertiary/aromatic N) is 1. The molecule has 8 nitrogen and oxygen atoms in total. The standard InChI is InChI=1S/C18H32N2O6/c1-17(2,3)25-15(23)19-10-12-7-8-20(11-13(12)9-14(21)22)16(24)26-18(4,5)6/h12-13H,7-11H2,1-6H3,(H,19,23)(H,21,22)/t12-,13+/m0/s1. The van der Waals surface area contributed by atoms with Crippen LogP contribution in [0.15, 0.2) is 0 Å². The molecule has 0 aromatic rings. The summed E-state index contributed by atoms with van der Waals surface area (Å²) < 4.78 is 10.6. The zero-order valence-corrected chi connectivity index (χ0v) is 16.6. The molecule has 26 heavy (non-hydrogen) atoms. The van der Waals surface area contributed by atoms with Crippen LogP contribution in [0.2, 0.25) is 0 Å². The number of rotatable bonds is 4. The lowest BCUT2D eigenvalue weighted by atomic mass is 9.83. The Hall–Kier alpha value is -1.99. The van der Waals surface area contributed by atoms with Gasteiger partial charge in [0.25, 0.3) is 0 Å². The Balaban J connectivity index is 2.66. The minimum atomic E-state index is -0.927. The van der Waals surface area contributed by atoms with Gasteiger partial charge in [-0.25, -0.2) is 9.59 Å². The molecule has 1 heterocycles. The van der Waals surface area contributed by atoms with E-state index in [2.05, 4.69) is 5.32 Å². The van der Waals surface area contributed by atoms with Crippen LogP contribution in [-0.4, -0.2) is 59.0 Å². The van der Waals surface area contributed by atoms with Crippen molar-refractivity contribution in [3.05, 3.63) is 0 Å². The van der Waals surface area contributed by atoms with Crippen LogP contribution in [0.5, 0.6) is 0 Å². The van der Waals surface area contributed by atoms with E-state index in [1.807, 2.05) is 0 Å². The summed E-state index contributed by atoms with van der Waals surface area (Å²) in [7, 11) is 0. The molecule has 0 bridgehead atoms. The van der Waals surface area contributed by atoms with Crippen molar-refractivity contribution in [1.29, 1.82) is 0 Å². The summed E-state index contributed by atoms with van der Waals surface area (Å²) in [4.78, 5) is 36.8. The number of amides is 2. The van der Waals surface area contributed by atoms with Crippen molar-refractivity contribution >= 4 is 18.2 Å². The number of alkyl carbamates (subject to hydrolysis) is 1. The van der Waals surface area contributed by atoms with E-state index in [9.17, 15) is 19.5 Å². The lowest BCUT2D eigenvalue weighted by Gasteiger charge is -2.38. The van der Waals surface area contributed by atoms with Crippen molar-refractivity contribution in [1.82, 2.24) is 10.2 Å². The molecule has 0 unspecified atom stereocenters. The number of likely N-dealkylation sites (tertiary alicyclic amines) is 1. The van der Waals surface area contributed by atoms with E-state index in [-0.39, 0.29) is 18.3 Å². The molecule has 1 aliphatic rings. The van der Waals surface area contributed by atoms with E-state index in [4.69, 9.17) is 9.47 Å². The second kappa shape index (κ2) is 8.60. The molecule has 0 aromatic heterocycles. The number of hydrogen-bond acceptors (Lipinski definition) is 5. The largest absolute Gasteiger partial charge is 0.481 e. The van der Waals surface area contributed by atoms with Gasteiger partial charge in [-0.15, -0.1) is 0 Å².